The van der Waals surface area contributed by atoms with Gasteiger partial charge < -0.3 is 5.11 Å². The number of hydrogen-bond acceptors (Lipinski definition) is 1. The Labute approximate surface area is 121 Å². The van der Waals surface area contributed by atoms with Gasteiger partial charge in [-0.2, -0.15) is 0 Å². The smallest absolute Gasteiger partial charge is 0.0531 e. The van der Waals surface area contributed by atoms with E-state index in [1.165, 1.54) is 28.7 Å². The molecule has 2 aromatic carbocycles. The predicted octanol–water partition coefficient (Wildman–Crippen LogP) is 3.80. The first-order valence-corrected chi connectivity index (χ1v) is 7.49. The molecule has 1 aliphatic carbocycles. The third-order valence-electron chi connectivity index (χ3n) is 4.78. The molecule has 0 saturated heterocycles. The molecule has 0 aliphatic heterocycles. The van der Waals surface area contributed by atoms with Crippen molar-refractivity contribution in [1.29, 1.82) is 0 Å². The SMILES string of the molecule is Cc1ccccc1CC1(CO)CCCc2ccccc21. The van der Waals surface area contributed by atoms with Gasteiger partial charge in [0, 0.05) is 5.41 Å². The van der Waals surface area contributed by atoms with E-state index in [1.54, 1.807) is 0 Å². The van der Waals surface area contributed by atoms with Crippen LogP contribution in [0.25, 0.3) is 0 Å². The molecular weight excluding hydrogens is 244 g/mol. The van der Waals surface area contributed by atoms with Gasteiger partial charge >= 0.3 is 0 Å². The van der Waals surface area contributed by atoms with Gasteiger partial charge in [-0.1, -0.05) is 48.5 Å². The van der Waals surface area contributed by atoms with E-state index >= 15 is 0 Å². The minimum Gasteiger partial charge on any atom is -0.395 e. The lowest BCUT2D eigenvalue weighted by Gasteiger charge is -2.38. The highest BCUT2D eigenvalue weighted by Gasteiger charge is 2.36. The van der Waals surface area contributed by atoms with E-state index < -0.39 is 0 Å². The van der Waals surface area contributed by atoms with E-state index in [1.807, 2.05) is 0 Å². The fraction of sp³-hybridized carbons (Fsp3) is 0.368. The molecule has 0 spiro atoms. The first-order valence-electron chi connectivity index (χ1n) is 7.49. The van der Waals surface area contributed by atoms with E-state index in [9.17, 15) is 5.11 Å². The second-order valence-corrected chi connectivity index (χ2v) is 6.05. The van der Waals surface area contributed by atoms with Crippen molar-refractivity contribution in [2.45, 2.75) is 38.0 Å². The molecule has 0 amide bonds. The highest BCUT2D eigenvalue weighted by atomic mass is 16.3. The first-order chi connectivity index (χ1) is 9.75. The van der Waals surface area contributed by atoms with E-state index in [0.717, 1.165) is 19.3 Å². The standard InChI is InChI=1S/C19H22O/c1-15-7-2-3-9-17(15)13-19(14-20)12-6-10-16-8-4-5-11-18(16)19/h2-5,7-9,11,20H,6,10,12-14H2,1H3. The molecule has 2 aromatic rings. The molecule has 0 saturated carbocycles. The number of aryl methyl sites for hydroxylation is 2. The molecule has 0 bridgehead atoms. The normalized spacial score (nSPS) is 21.5. The number of benzene rings is 2. The van der Waals surface area contributed by atoms with Gasteiger partial charge in [0.15, 0.2) is 0 Å². The number of aliphatic hydroxyl groups excluding tert-OH is 1. The Morgan fingerprint density at radius 1 is 1.05 bits per heavy atom. The molecule has 1 heteroatoms. The molecule has 1 nitrogen and oxygen atoms in total. The largest absolute Gasteiger partial charge is 0.395 e. The van der Waals surface area contributed by atoms with Crippen molar-refractivity contribution in [3.8, 4) is 0 Å². The summed E-state index contributed by atoms with van der Waals surface area (Å²) in [7, 11) is 0. The van der Waals surface area contributed by atoms with Crippen molar-refractivity contribution >= 4 is 0 Å². The predicted molar refractivity (Wildman–Crippen MR) is 83.0 cm³/mol. The van der Waals surface area contributed by atoms with Crippen LogP contribution < -0.4 is 0 Å². The molecule has 1 aliphatic rings. The van der Waals surface area contributed by atoms with Crippen molar-refractivity contribution < 1.29 is 5.11 Å². The molecule has 20 heavy (non-hydrogen) atoms. The Morgan fingerprint density at radius 2 is 1.80 bits per heavy atom. The minimum absolute atomic E-state index is 0.0963. The molecule has 0 aromatic heterocycles. The van der Waals surface area contributed by atoms with Crippen LogP contribution in [0.5, 0.6) is 0 Å². The molecule has 1 N–H and O–H groups in total. The van der Waals surface area contributed by atoms with Crippen molar-refractivity contribution in [2.75, 3.05) is 6.61 Å². The number of rotatable bonds is 3. The molecule has 0 heterocycles. The van der Waals surface area contributed by atoms with Gasteiger partial charge in [-0.05, 0) is 54.9 Å². The molecule has 1 atom stereocenters. The summed E-state index contributed by atoms with van der Waals surface area (Å²) in [5.41, 5.74) is 5.36. The summed E-state index contributed by atoms with van der Waals surface area (Å²) in [6.45, 7) is 2.40. The Hall–Kier alpha value is -1.60. The summed E-state index contributed by atoms with van der Waals surface area (Å²) in [4.78, 5) is 0. The summed E-state index contributed by atoms with van der Waals surface area (Å²) >= 11 is 0. The second-order valence-electron chi connectivity index (χ2n) is 6.05. The lowest BCUT2D eigenvalue weighted by atomic mass is 9.67. The van der Waals surface area contributed by atoms with Crippen molar-refractivity contribution in [3.05, 3.63) is 70.8 Å². The Kier molecular flexibility index (Phi) is 3.62. The maximum Gasteiger partial charge on any atom is 0.0531 e. The zero-order chi connectivity index (χ0) is 14.0. The van der Waals surface area contributed by atoms with Crippen LogP contribution >= 0.6 is 0 Å². The minimum atomic E-state index is -0.0963. The van der Waals surface area contributed by atoms with Crippen molar-refractivity contribution in [2.24, 2.45) is 0 Å². The fourth-order valence-corrected chi connectivity index (χ4v) is 3.58. The Balaban J connectivity index is 2.03. The average molecular weight is 266 g/mol. The third-order valence-corrected chi connectivity index (χ3v) is 4.78. The van der Waals surface area contributed by atoms with Gasteiger partial charge in [-0.3, -0.25) is 0 Å². The van der Waals surface area contributed by atoms with Crippen LogP contribution in [-0.2, 0) is 18.3 Å². The van der Waals surface area contributed by atoms with E-state index in [4.69, 9.17) is 0 Å². The van der Waals surface area contributed by atoms with Crippen LogP contribution in [0.15, 0.2) is 48.5 Å². The van der Waals surface area contributed by atoms with Crippen molar-refractivity contribution in [1.82, 2.24) is 0 Å². The molecule has 104 valence electrons. The maximum atomic E-state index is 10.1. The van der Waals surface area contributed by atoms with E-state index in [0.29, 0.717) is 0 Å². The zero-order valence-corrected chi connectivity index (χ0v) is 12.1. The molecule has 0 radical (unpaired) electrons. The summed E-state index contributed by atoms with van der Waals surface area (Å²) < 4.78 is 0. The van der Waals surface area contributed by atoms with E-state index in [2.05, 4.69) is 55.5 Å². The van der Waals surface area contributed by atoms with Gasteiger partial charge in [-0.25, -0.2) is 0 Å². The Bertz CT molecular complexity index is 602. The summed E-state index contributed by atoms with van der Waals surface area (Å²) in [6.07, 6.45) is 4.33. The highest BCUT2D eigenvalue weighted by molar-refractivity contribution is 5.40. The first kappa shape index (κ1) is 13.4. The topological polar surface area (TPSA) is 20.2 Å². The summed E-state index contributed by atoms with van der Waals surface area (Å²) in [5.74, 6) is 0. The van der Waals surface area contributed by atoms with Crippen LogP contribution in [0.2, 0.25) is 0 Å². The number of fused-ring (bicyclic) bond motifs is 1. The number of hydrogen-bond donors (Lipinski definition) is 1. The fourth-order valence-electron chi connectivity index (χ4n) is 3.58. The average Bonchev–Trinajstić information content (AvgIpc) is 2.50. The van der Waals surface area contributed by atoms with Gasteiger partial charge in [0.05, 0.1) is 6.61 Å². The van der Waals surface area contributed by atoms with Gasteiger partial charge in [0.1, 0.15) is 0 Å². The molecular formula is C19H22O. The highest BCUT2D eigenvalue weighted by Crippen LogP contribution is 2.40. The summed E-state index contributed by atoms with van der Waals surface area (Å²) in [6, 6.07) is 17.2. The maximum absolute atomic E-state index is 10.1. The number of aliphatic hydroxyl groups is 1. The second kappa shape index (κ2) is 5.41. The van der Waals surface area contributed by atoms with Crippen LogP contribution in [0, 0.1) is 6.92 Å². The summed E-state index contributed by atoms with van der Waals surface area (Å²) in [5, 5.41) is 10.1. The van der Waals surface area contributed by atoms with Crippen molar-refractivity contribution in [3.63, 3.8) is 0 Å². The van der Waals surface area contributed by atoms with Crippen LogP contribution in [0.3, 0.4) is 0 Å². The quantitative estimate of drug-likeness (QED) is 0.896. The van der Waals surface area contributed by atoms with Gasteiger partial charge in [0.25, 0.3) is 0 Å². The van der Waals surface area contributed by atoms with Crippen LogP contribution in [-0.4, -0.2) is 11.7 Å². The molecule has 1 unspecified atom stereocenters. The van der Waals surface area contributed by atoms with Crippen LogP contribution in [0.4, 0.5) is 0 Å². The molecule has 0 fully saturated rings. The van der Waals surface area contributed by atoms with Gasteiger partial charge in [0.2, 0.25) is 0 Å². The zero-order valence-electron chi connectivity index (χ0n) is 12.1. The molecule has 3 rings (SSSR count). The monoisotopic (exact) mass is 266 g/mol. The Morgan fingerprint density at radius 3 is 2.60 bits per heavy atom. The lowest BCUT2D eigenvalue weighted by molar-refractivity contribution is 0.173. The van der Waals surface area contributed by atoms with E-state index in [-0.39, 0.29) is 12.0 Å². The van der Waals surface area contributed by atoms with Crippen LogP contribution in [0.1, 0.15) is 35.1 Å². The lowest BCUT2D eigenvalue weighted by Crippen LogP contribution is -2.37. The van der Waals surface area contributed by atoms with Gasteiger partial charge in [-0.15, -0.1) is 0 Å². The third kappa shape index (κ3) is 2.27.